The average molecular weight is 391 g/mol. The Morgan fingerprint density at radius 2 is 1.72 bits per heavy atom. The van der Waals surface area contributed by atoms with Crippen LogP contribution in [0.3, 0.4) is 0 Å². The molecule has 0 spiro atoms. The zero-order valence-electron chi connectivity index (χ0n) is 17.1. The highest BCUT2D eigenvalue weighted by Gasteiger charge is 2.30. The van der Waals surface area contributed by atoms with Crippen molar-refractivity contribution in [3.8, 4) is 0 Å². The zero-order chi connectivity index (χ0) is 20.8. The van der Waals surface area contributed by atoms with Crippen molar-refractivity contribution in [2.75, 3.05) is 0 Å². The van der Waals surface area contributed by atoms with Gasteiger partial charge >= 0.3 is 0 Å². The Morgan fingerprint density at radius 3 is 2.34 bits per heavy atom. The van der Waals surface area contributed by atoms with Gasteiger partial charge in [0.1, 0.15) is 0 Å². The lowest BCUT2D eigenvalue weighted by Crippen LogP contribution is -2.41. The van der Waals surface area contributed by atoms with Gasteiger partial charge in [-0.1, -0.05) is 18.2 Å². The number of aromatic nitrogens is 3. The summed E-state index contributed by atoms with van der Waals surface area (Å²) in [7, 11) is 0. The molecule has 2 heterocycles. The van der Waals surface area contributed by atoms with E-state index in [0.29, 0.717) is 22.7 Å². The molecule has 7 nitrogen and oxygen atoms in total. The summed E-state index contributed by atoms with van der Waals surface area (Å²) in [4.78, 5) is 30.1. The number of carbonyl (C=O) groups excluding carboxylic acids is 2. The zero-order valence-corrected chi connectivity index (χ0v) is 17.1. The monoisotopic (exact) mass is 391 g/mol. The summed E-state index contributed by atoms with van der Waals surface area (Å²) < 4.78 is 1.88. The SMILES string of the molecule is Cc1nn(C(C)(C)C)c2nc(C3CC3)cc(C(=O)NNC(=O)c3ccccc3)c12. The number of hydrogen-bond donors (Lipinski definition) is 2. The normalized spacial score (nSPS) is 14.1. The van der Waals surface area contributed by atoms with Crippen molar-refractivity contribution in [3.63, 3.8) is 0 Å². The predicted molar refractivity (Wildman–Crippen MR) is 111 cm³/mol. The first-order valence-corrected chi connectivity index (χ1v) is 9.82. The number of pyridine rings is 1. The maximum absolute atomic E-state index is 13.0. The van der Waals surface area contributed by atoms with Crippen molar-refractivity contribution in [1.29, 1.82) is 0 Å². The van der Waals surface area contributed by atoms with Crippen LogP contribution in [0.1, 0.15) is 71.6 Å². The van der Waals surface area contributed by atoms with E-state index < -0.39 is 0 Å². The van der Waals surface area contributed by atoms with E-state index in [1.807, 2.05) is 23.7 Å². The third-order valence-electron chi connectivity index (χ3n) is 5.03. The molecular formula is C22H25N5O2. The van der Waals surface area contributed by atoms with Crippen molar-refractivity contribution in [2.24, 2.45) is 0 Å². The molecule has 1 aliphatic carbocycles. The third kappa shape index (κ3) is 3.72. The van der Waals surface area contributed by atoms with Crippen LogP contribution in [0.2, 0.25) is 0 Å². The smallest absolute Gasteiger partial charge is 0.267 e. The van der Waals surface area contributed by atoms with Crippen molar-refractivity contribution in [2.45, 2.75) is 52.0 Å². The maximum Gasteiger partial charge on any atom is 0.270 e. The summed E-state index contributed by atoms with van der Waals surface area (Å²) in [6, 6.07) is 10.6. The molecule has 1 saturated carbocycles. The summed E-state index contributed by atoms with van der Waals surface area (Å²) in [6.07, 6.45) is 2.15. The van der Waals surface area contributed by atoms with Gasteiger partial charge in [0.05, 0.1) is 22.2 Å². The van der Waals surface area contributed by atoms with Gasteiger partial charge in [-0.2, -0.15) is 5.10 Å². The quantitative estimate of drug-likeness (QED) is 0.669. The van der Waals surface area contributed by atoms with Gasteiger partial charge in [0.25, 0.3) is 11.8 Å². The lowest BCUT2D eigenvalue weighted by molar-refractivity contribution is 0.0847. The summed E-state index contributed by atoms with van der Waals surface area (Å²) in [5.41, 5.74) is 8.09. The Balaban J connectivity index is 1.69. The van der Waals surface area contributed by atoms with Crippen molar-refractivity contribution < 1.29 is 9.59 Å². The summed E-state index contributed by atoms with van der Waals surface area (Å²) in [5.74, 6) is -0.359. The van der Waals surface area contributed by atoms with Crippen LogP contribution in [0.15, 0.2) is 36.4 Å². The maximum atomic E-state index is 13.0. The molecule has 0 atom stereocenters. The van der Waals surface area contributed by atoms with Gasteiger partial charge in [-0.3, -0.25) is 20.4 Å². The average Bonchev–Trinajstić information content (AvgIpc) is 3.49. The van der Waals surface area contributed by atoms with Gasteiger partial charge in [-0.15, -0.1) is 0 Å². The molecule has 2 amide bonds. The minimum Gasteiger partial charge on any atom is -0.267 e. The van der Waals surface area contributed by atoms with Crippen molar-refractivity contribution >= 4 is 22.8 Å². The Kier molecular flexibility index (Phi) is 4.61. The highest BCUT2D eigenvalue weighted by molar-refractivity contribution is 6.07. The van der Waals surface area contributed by atoms with Crippen LogP contribution < -0.4 is 10.9 Å². The van der Waals surface area contributed by atoms with Crippen LogP contribution in [-0.2, 0) is 5.54 Å². The highest BCUT2D eigenvalue weighted by Crippen LogP contribution is 2.40. The van der Waals surface area contributed by atoms with E-state index in [0.717, 1.165) is 29.6 Å². The molecule has 0 aliphatic heterocycles. The number of nitrogens with zero attached hydrogens (tertiary/aromatic N) is 3. The van der Waals surface area contributed by atoms with Crippen LogP contribution in [0.5, 0.6) is 0 Å². The Morgan fingerprint density at radius 1 is 1.07 bits per heavy atom. The number of fused-ring (bicyclic) bond motifs is 1. The van der Waals surface area contributed by atoms with E-state index in [9.17, 15) is 9.59 Å². The van der Waals surface area contributed by atoms with Gasteiger partial charge in [-0.05, 0) is 58.7 Å². The van der Waals surface area contributed by atoms with E-state index >= 15 is 0 Å². The lowest BCUT2D eigenvalue weighted by Gasteiger charge is -2.20. The first-order valence-electron chi connectivity index (χ1n) is 9.82. The number of nitrogens with one attached hydrogen (secondary N) is 2. The number of aryl methyl sites for hydroxylation is 1. The first kappa shape index (κ1) is 19.1. The second-order valence-corrected chi connectivity index (χ2v) is 8.51. The van der Waals surface area contributed by atoms with Gasteiger partial charge in [0, 0.05) is 17.2 Å². The van der Waals surface area contributed by atoms with Gasteiger partial charge in [0.15, 0.2) is 5.65 Å². The van der Waals surface area contributed by atoms with E-state index in [-0.39, 0.29) is 17.4 Å². The minimum absolute atomic E-state index is 0.267. The molecular weight excluding hydrogens is 366 g/mol. The topological polar surface area (TPSA) is 88.9 Å². The number of hydrazine groups is 1. The Hall–Kier alpha value is -3.22. The fourth-order valence-electron chi connectivity index (χ4n) is 3.39. The molecule has 0 unspecified atom stereocenters. The van der Waals surface area contributed by atoms with Gasteiger partial charge in [0.2, 0.25) is 0 Å². The third-order valence-corrected chi connectivity index (χ3v) is 5.03. The number of benzene rings is 1. The molecule has 1 fully saturated rings. The molecule has 0 saturated heterocycles. The van der Waals surface area contributed by atoms with Gasteiger partial charge in [-0.25, -0.2) is 9.67 Å². The van der Waals surface area contributed by atoms with E-state index in [2.05, 4.69) is 36.7 Å². The van der Waals surface area contributed by atoms with Crippen LogP contribution in [0, 0.1) is 6.92 Å². The van der Waals surface area contributed by atoms with E-state index in [1.54, 1.807) is 24.3 Å². The van der Waals surface area contributed by atoms with Crippen LogP contribution in [0.4, 0.5) is 0 Å². The summed E-state index contributed by atoms with van der Waals surface area (Å²) >= 11 is 0. The number of rotatable bonds is 3. The molecule has 2 aromatic heterocycles. The Labute approximate surface area is 169 Å². The van der Waals surface area contributed by atoms with Crippen molar-refractivity contribution in [1.82, 2.24) is 25.6 Å². The number of amides is 2. The summed E-state index contributed by atoms with van der Waals surface area (Å²) in [5, 5.41) is 5.37. The molecule has 150 valence electrons. The highest BCUT2D eigenvalue weighted by atomic mass is 16.2. The van der Waals surface area contributed by atoms with Crippen LogP contribution >= 0.6 is 0 Å². The largest absolute Gasteiger partial charge is 0.270 e. The number of hydrogen-bond acceptors (Lipinski definition) is 4. The molecule has 29 heavy (non-hydrogen) atoms. The van der Waals surface area contributed by atoms with Crippen LogP contribution in [0.25, 0.3) is 11.0 Å². The minimum atomic E-state index is -0.375. The van der Waals surface area contributed by atoms with E-state index in [4.69, 9.17) is 4.98 Å². The first-order chi connectivity index (χ1) is 13.8. The molecule has 1 aliphatic rings. The van der Waals surface area contributed by atoms with E-state index in [1.165, 1.54) is 0 Å². The second kappa shape index (κ2) is 6.99. The second-order valence-electron chi connectivity index (χ2n) is 8.51. The fraction of sp³-hybridized carbons (Fsp3) is 0.364. The Bertz CT molecular complexity index is 1090. The summed E-state index contributed by atoms with van der Waals surface area (Å²) in [6.45, 7) is 8.06. The van der Waals surface area contributed by atoms with Crippen LogP contribution in [-0.4, -0.2) is 26.6 Å². The molecule has 1 aromatic carbocycles. The predicted octanol–water partition coefficient (Wildman–Crippen LogP) is 3.45. The van der Waals surface area contributed by atoms with Gasteiger partial charge < -0.3 is 0 Å². The molecule has 0 bridgehead atoms. The lowest BCUT2D eigenvalue weighted by atomic mass is 10.1. The standard InChI is InChI=1S/C22H25N5O2/c1-13-18-16(21(29)25-24-20(28)15-8-6-5-7-9-15)12-17(14-10-11-14)23-19(18)27(26-13)22(2,3)4/h5-9,12,14H,10-11H2,1-4H3,(H,24,28)(H,25,29). The van der Waals surface area contributed by atoms with Crippen molar-refractivity contribution in [3.05, 3.63) is 58.9 Å². The molecule has 0 radical (unpaired) electrons. The molecule has 3 aromatic rings. The fourth-order valence-corrected chi connectivity index (χ4v) is 3.39. The molecule has 2 N–H and O–H groups in total. The number of carbonyl (C=O) groups is 2. The molecule has 7 heteroatoms. The molecule has 4 rings (SSSR count).